The summed E-state index contributed by atoms with van der Waals surface area (Å²) in [5.41, 5.74) is 1.47. The molecule has 1 unspecified atom stereocenters. The van der Waals surface area contributed by atoms with E-state index < -0.39 is 17.7 Å². The molecular weight excluding hydrogens is 532 g/mol. The SMILES string of the molecule is C=CCOc1cccc(C2C(=C(O)c3ccc4c(c3)OCCO4)C(=O)C(=O)N2c2nc3ccc(OC)cc3s2)c1. The van der Waals surface area contributed by atoms with Crippen LogP contribution < -0.4 is 23.8 Å². The lowest BCUT2D eigenvalue weighted by Gasteiger charge is -2.23. The third-order valence-corrected chi connectivity index (χ3v) is 7.61. The molecule has 2 aliphatic rings. The minimum absolute atomic E-state index is 0.0700. The van der Waals surface area contributed by atoms with Crippen LogP contribution in [0.15, 0.2) is 78.9 Å². The molecule has 4 aromatic rings. The fraction of sp³-hybridized carbons (Fsp3) is 0.167. The number of hydrogen-bond acceptors (Lipinski definition) is 9. The quantitative estimate of drug-likeness (QED) is 0.142. The van der Waals surface area contributed by atoms with Crippen LogP contribution in [0.1, 0.15) is 17.2 Å². The number of fused-ring (bicyclic) bond motifs is 2. The number of thiazole rings is 1. The predicted molar refractivity (Wildman–Crippen MR) is 151 cm³/mol. The van der Waals surface area contributed by atoms with Gasteiger partial charge < -0.3 is 24.1 Å². The molecule has 202 valence electrons. The number of hydrogen-bond donors (Lipinski definition) is 1. The largest absolute Gasteiger partial charge is 0.507 e. The average molecular weight is 557 g/mol. The number of carbonyl (C=O) groups is 2. The van der Waals surface area contributed by atoms with Crippen molar-refractivity contribution in [2.75, 3.05) is 31.8 Å². The minimum atomic E-state index is -0.970. The van der Waals surface area contributed by atoms with Crippen molar-refractivity contribution in [3.63, 3.8) is 0 Å². The second-order valence-corrected chi connectivity index (χ2v) is 10.0. The molecule has 40 heavy (non-hydrogen) atoms. The number of anilines is 1. The van der Waals surface area contributed by atoms with Gasteiger partial charge in [0.15, 0.2) is 16.6 Å². The molecule has 10 heteroatoms. The third kappa shape index (κ3) is 4.42. The Labute approximate surface area is 233 Å². The van der Waals surface area contributed by atoms with Gasteiger partial charge in [0.25, 0.3) is 5.78 Å². The molecule has 3 heterocycles. The first kappa shape index (κ1) is 25.4. The molecule has 0 bridgehead atoms. The van der Waals surface area contributed by atoms with Crippen molar-refractivity contribution in [1.29, 1.82) is 0 Å². The standard InChI is InChI=1S/C30H24N2O7S/c1-3-11-37-20-6-4-5-17(14-20)26-25(27(33)18-7-10-22-23(15-18)39-13-12-38-22)28(34)29(35)32(26)30-31-21-9-8-19(36-2)16-24(21)40-30/h3-10,14-16,26,33H,1,11-13H2,2H3. The number of methoxy groups -OCH3 is 1. The lowest BCUT2D eigenvalue weighted by atomic mass is 9.95. The van der Waals surface area contributed by atoms with Crippen molar-refractivity contribution in [2.24, 2.45) is 0 Å². The zero-order valence-electron chi connectivity index (χ0n) is 21.5. The van der Waals surface area contributed by atoms with E-state index in [9.17, 15) is 14.7 Å². The molecule has 9 nitrogen and oxygen atoms in total. The highest BCUT2D eigenvalue weighted by atomic mass is 32.1. The summed E-state index contributed by atoms with van der Waals surface area (Å²) in [6.07, 6.45) is 1.62. The van der Waals surface area contributed by atoms with Crippen molar-refractivity contribution in [1.82, 2.24) is 4.98 Å². The maximum Gasteiger partial charge on any atom is 0.301 e. The highest BCUT2D eigenvalue weighted by Gasteiger charge is 2.48. The number of aliphatic hydroxyl groups is 1. The maximum atomic E-state index is 13.6. The van der Waals surface area contributed by atoms with Gasteiger partial charge in [0, 0.05) is 5.56 Å². The van der Waals surface area contributed by atoms with Crippen LogP contribution in [-0.4, -0.2) is 48.7 Å². The van der Waals surface area contributed by atoms with Crippen molar-refractivity contribution >= 4 is 44.1 Å². The van der Waals surface area contributed by atoms with Crippen molar-refractivity contribution in [3.05, 3.63) is 90.0 Å². The Morgan fingerprint density at radius 2 is 1.93 bits per heavy atom. The van der Waals surface area contributed by atoms with E-state index in [1.807, 2.05) is 6.07 Å². The van der Waals surface area contributed by atoms with Crippen LogP contribution in [0.4, 0.5) is 5.13 Å². The molecule has 1 fully saturated rings. The number of amides is 1. The van der Waals surface area contributed by atoms with E-state index in [1.54, 1.807) is 67.8 Å². The van der Waals surface area contributed by atoms with Gasteiger partial charge in [0.1, 0.15) is 37.1 Å². The van der Waals surface area contributed by atoms with E-state index in [0.717, 1.165) is 4.70 Å². The number of aromatic nitrogens is 1. The Hall–Kier alpha value is -4.83. The van der Waals surface area contributed by atoms with E-state index in [0.29, 0.717) is 58.0 Å². The van der Waals surface area contributed by atoms with Gasteiger partial charge in [-0.3, -0.25) is 14.5 Å². The van der Waals surface area contributed by atoms with Crippen molar-refractivity contribution in [2.45, 2.75) is 6.04 Å². The monoisotopic (exact) mass is 556 g/mol. The Morgan fingerprint density at radius 3 is 2.73 bits per heavy atom. The molecule has 0 aliphatic carbocycles. The van der Waals surface area contributed by atoms with Crippen LogP contribution >= 0.6 is 11.3 Å². The number of aliphatic hydroxyl groups excluding tert-OH is 1. The van der Waals surface area contributed by atoms with E-state index in [-0.39, 0.29) is 17.9 Å². The van der Waals surface area contributed by atoms with Gasteiger partial charge >= 0.3 is 5.91 Å². The second kappa shape index (κ2) is 10.4. The third-order valence-electron chi connectivity index (χ3n) is 6.59. The fourth-order valence-electron chi connectivity index (χ4n) is 4.74. The Balaban J connectivity index is 1.52. The smallest absolute Gasteiger partial charge is 0.301 e. The Bertz CT molecular complexity index is 1690. The van der Waals surface area contributed by atoms with Crippen LogP contribution in [0.5, 0.6) is 23.0 Å². The minimum Gasteiger partial charge on any atom is -0.507 e. The van der Waals surface area contributed by atoms with Gasteiger partial charge in [0.05, 0.1) is 28.9 Å². The highest BCUT2D eigenvalue weighted by molar-refractivity contribution is 7.22. The first-order chi connectivity index (χ1) is 19.5. The zero-order valence-corrected chi connectivity index (χ0v) is 22.3. The summed E-state index contributed by atoms with van der Waals surface area (Å²) in [4.78, 5) is 33.2. The van der Waals surface area contributed by atoms with Gasteiger partial charge in [-0.1, -0.05) is 36.1 Å². The molecule has 1 amide bonds. The molecule has 0 saturated carbocycles. The maximum absolute atomic E-state index is 13.6. The van der Waals surface area contributed by atoms with Gasteiger partial charge in [-0.2, -0.15) is 0 Å². The summed E-state index contributed by atoms with van der Waals surface area (Å²) in [6, 6.07) is 16.4. The van der Waals surface area contributed by atoms with Gasteiger partial charge in [-0.05, 0) is 54.1 Å². The number of Topliss-reactive ketones (excluding diaryl/α,β-unsaturated/α-hetero) is 1. The summed E-state index contributed by atoms with van der Waals surface area (Å²) in [7, 11) is 1.57. The van der Waals surface area contributed by atoms with Crippen LogP contribution in [0.3, 0.4) is 0 Å². The van der Waals surface area contributed by atoms with Crippen LogP contribution in [0.2, 0.25) is 0 Å². The van der Waals surface area contributed by atoms with Crippen molar-refractivity contribution in [3.8, 4) is 23.0 Å². The molecule has 1 saturated heterocycles. The summed E-state index contributed by atoms with van der Waals surface area (Å²) in [5, 5.41) is 11.8. The molecular formula is C30H24N2O7S. The van der Waals surface area contributed by atoms with E-state index in [2.05, 4.69) is 11.6 Å². The van der Waals surface area contributed by atoms with Gasteiger partial charge in [-0.15, -0.1) is 0 Å². The number of nitrogens with zero attached hydrogens (tertiary/aromatic N) is 2. The van der Waals surface area contributed by atoms with E-state index >= 15 is 0 Å². The molecule has 3 aromatic carbocycles. The molecule has 1 atom stereocenters. The lowest BCUT2D eigenvalue weighted by molar-refractivity contribution is -0.132. The van der Waals surface area contributed by atoms with Gasteiger partial charge in [-0.25, -0.2) is 4.98 Å². The Morgan fingerprint density at radius 1 is 1.10 bits per heavy atom. The van der Waals surface area contributed by atoms with E-state index in [1.165, 1.54) is 16.2 Å². The second-order valence-electron chi connectivity index (χ2n) is 9.03. The Kier molecular flexibility index (Phi) is 6.61. The first-order valence-corrected chi connectivity index (χ1v) is 13.3. The average Bonchev–Trinajstić information content (AvgIpc) is 3.52. The van der Waals surface area contributed by atoms with Gasteiger partial charge in [0.2, 0.25) is 0 Å². The zero-order chi connectivity index (χ0) is 27.8. The molecule has 2 aliphatic heterocycles. The summed E-state index contributed by atoms with van der Waals surface area (Å²) in [6.45, 7) is 4.74. The summed E-state index contributed by atoms with van der Waals surface area (Å²) in [5.74, 6) is 0.198. The highest BCUT2D eigenvalue weighted by Crippen LogP contribution is 2.45. The number of benzene rings is 3. The van der Waals surface area contributed by atoms with Crippen LogP contribution in [0, 0.1) is 0 Å². The molecule has 0 spiro atoms. The van der Waals surface area contributed by atoms with Crippen LogP contribution in [0.25, 0.3) is 16.0 Å². The normalized spacial score (nSPS) is 17.7. The van der Waals surface area contributed by atoms with Crippen LogP contribution in [-0.2, 0) is 9.59 Å². The molecule has 1 N–H and O–H groups in total. The summed E-state index contributed by atoms with van der Waals surface area (Å²) >= 11 is 1.25. The first-order valence-electron chi connectivity index (χ1n) is 12.5. The lowest BCUT2D eigenvalue weighted by Crippen LogP contribution is -2.29. The number of ether oxygens (including phenoxy) is 4. The molecule has 6 rings (SSSR count). The number of ketones is 1. The fourth-order valence-corrected chi connectivity index (χ4v) is 5.76. The van der Waals surface area contributed by atoms with E-state index in [4.69, 9.17) is 18.9 Å². The number of rotatable bonds is 7. The summed E-state index contributed by atoms with van der Waals surface area (Å²) < 4.78 is 23.1. The predicted octanol–water partition coefficient (Wildman–Crippen LogP) is 5.27. The number of carbonyl (C=O) groups excluding carboxylic acids is 2. The van der Waals surface area contributed by atoms with Crippen molar-refractivity contribution < 1.29 is 33.6 Å². The molecule has 0 radical (unpaired) electrons. The molecule has 1 aromatic heterocycles. The topological polar surface area (TPSA) is 107 Å².